The van der Waals surface area contributed by atoms with Crippen molar-refractivity contribution < 1.29 is 14.8 Å². The Hall–Kier alpha value is -4.00. The van der Waals surface area contributed by atoms with Gasteiger partial charge in [-0.2, -0.15) is 0 Å². The van der Waals surface area contributed by atoms with Crippen LogP contribution >= 0.6 is 0 Å². The molecule has 4 rings (SSSR count). The number of hydrogen-bond acceptors (Lipinski definition) is 5. The lowest BCUT2D eigenvalue weighted by Crippen LogP contribution is -2.45. The van der Waals surface area contributed by atoms with Gasteiger partial charge < -0.3 is 4.90 Å². The van der Waals surface area contributed by atoms with Crippen molar-refractivity contribution in [2.24, 2.45) is 0 Å². The number of hydrogen-bond donors (Lipinski definition) is 2. The minimum Gasteiger partial charge on any atom is -0.369 e. The van der Waals surface area contributed by atoms with Gasteiger partial charge in [0.2, 0.25) is 0 Å². The Kier molecular flexibility index (Phi) is 8.22. The molecule has 0 atom stereocenters. The fourth-order valence-corrected chi connectivity index (χ4v) is 4.08. The van der Waals surface area contributed by atoms with Gasteiger partial charge in [0.05, 0.1) is 0 Å². The molecule has 1 fully saturated rings. The molecule has 0 saturated carbocycles. The number of carbonyl (C=O) groups excluding carboxylic acids is 2. The van der Waals surface area contributed by atoms with Crippen molar-refractivity contribution in [2.75, 3.05) is 31.1 Å². The summed E-state index contributed by atoms with van der Waals surface area (Å²) >= 11 is 0. The summed E-state index contributed by atoms with van der Waals surface area (Å²) in [4.78, 5) is 28.6. The van der Waals surface area contributed by atoms with E-state index in [-0.39, 0.29) is 5.78 Å². The molecule has 1 heterocycles. The highest BCUT2D eigenvalue weighted by atomic mass is 16.5. The van der Waals surface area contributed by atoms with Crippen molar-refractivity contribution in [3.63, 3.8) is 0 Å². The Morgan fingerprint density at radius 3 is 2.11 bits per heavy atom. The second-order valence-corrected chi connectivity index (χ2v) is 8.47. The Morgan fingerprint density at radius 2 is 1.46 bits per heavy atom. The number of hydroxylamine groups is 1. The van der Waals surface area contributed by atoms with Gasteiger partial charge in [-0.15, -0.1) is 0 Å². The molecule has 0 bridgehead atoms. The summed E-state index contributed by atoms with van der Waals surface area (Å²) in [7, 11) is 0. The molecule has 35 heavy (non-hydrogen) atoms. The van der Waals surface area contributed by atoms with Crippen LogP contribution in [0.2, 0.25) is 0 Å². The lowest BCUT2D eigenvalue weighted by atomic mass is 10.1. The maximum atomic E-state index is 12.6. The summed E-state index contributed by atoms with van der Waals surface area (Å²) in [5.41, 5.74) is 6.31. The first-order valence-electron chi connectivity index (χ1n) is 11.7. The lowest BCUT2D eigenvalue weighted by molar-refractivity contribution is -0.124. The van der Waals surface area contributed by atoms with E-state index in [1.165, 1.54) is 17.3 Å². The highest BCUT2D eigenvalue weighted by Gasteiger charge is 2.17. The van der Waals surface area contributed by atoms with E-state index < -0.39 is 5.91 Å². The Morgan fingerprint density at radius 1 is 0.800 bits per heavy atom. The molecule has 2 N–H and O–H groups in total. The molecule has 1 amide bonds. The summed E-state index contributed by atoms with van der Waals surface area (Å²) < 4.78 is 0. The van der Waals surface area contributed by atoms with Crippen LogP contribution in [-0.2, 0) is 11.3 Å². The summed E-state index contributed by atoms with van der Waals surface area (Å²) in [5, 5.41) is 8.57. The highest BCUT2D eigenvalue weighted by molar-refractivity contribution is 6.06. The molecule has 6 nitrogen and oxygen atoms in total. The van der Waals surface area contributed by atoms with Gasteiger partial charge >= 0.3 is 0 Å². The van der Waals surface area contributed by atoms with Gasteiger partial charge in [0.15, 0.2) is 5.78 Å². The van der Waals surface area contributed by atoms with E-state index in [1.807, 2.05) is 54.6 Å². The summed E-state index contributed by atoms with van der Waals surface area (Å²) in [6.45, 7) is 4.92. The van der Waals surface area contributed by atoms with E-state index in [9.17, 15) is 9.59 Å². The van der Waals surface area contributed by atoms with Crippen molar-refractivity contribution in [3.8, 4) is 0 Å². The third kappa shape index (κ3) is 6.99. The first-order chi connectivity index (χ1) is 17.1. The largest absolute Gasteiger partial charge is 0.369 e. The molecule has 3 aromatic carbocycles. The average Bonchev–Trinajstić information content (AvgIpc) is 2.92. The predicted octanol–water partition coefficient (Wildman–Crippen LogP) is 4.42. The van der Waals surface area contributed by atoms with Gasteiger partial charge in [0.25, 0.3) is 5.91 Å². The molecule has 0 aromatic heterocycles. The van der Waals surface area contributed by atoms with Crippen LogP contribution in [0.4, 0.5) is 5.69 Å². The van der Waals surface area contributed by atoms with E-state index in [0.29, 0.717) is 5.56 Å². The van der Waals surface area contributed by atoms with Crippen molar-refractivity contribution in [1.82, 2.24) is 10.4 Å². The quantitative estimate of drug-likeness (QED) is 0.222. The number of nitrogens with one attached hydrogen (secondary N) is 1. The van der Waals surface area contributed by atoms with Gasteiger partial charge in [0, 0.05) is 50.1 Å². The van der Waals surface area contributed by atoms with Crippen LogP contribution in [0.3, 0.4) is 0 Å². The molecule has 0 radical (unpaired) electrons. The minimum atomic E-state index is -0.598. The Bertz CT molecular complexity index is 1200. The zero-order valence-electron chi connectivity index (χ0n) is 19.5. The zero-order chi connectivity index (χ0) is 24.5. The number of rotatable bonds is 8. The normalized spacial score (nSPS) is 14.5. The smallest absolute Gasteiger partial charge is 0.267 e. The maximum Gasteiger partial charge on any atom is 0.267 e. The van der Waals surface area contributed by atoms with Gasteiger partial charge in [0.1, 0.15) is 0 Å². The number of amides is 1. The predicted molar refractivity (Wildman–Crippen MR) is 139 cm³/mol. The fraction of sp³-hybridized carbons (Fsp3) is 0.172. The average molecular weight is 468 g/mol. The Balaban J connectivity index is 1.29. The molecule has 0 spiro atoms. The van der Waals surface area contributed by atoms with Crippen LogP contribution in [0.5, 0.6) is 0 Å². The third-order valence-corrected chi connectivity index (χ3v) is 6.01. The number of anilines is 1. The summed E-state index contributed by atoms with van der Waals surface area (Å²) in [6.07, 6.45) is 6.14. The van der Waals surface area contributed by atoms with Crippen LogP contribution in [0.15, 0.2) is 91.0 Å². The molecule has 1 aliphatic heterocycles. The Labute approximate surface area is 205 Å². The maximum absolute atomic E-state index is 12.6. The van der Waals surface area contributed by atoms with E-state index in [4.69, 9.17) is 5.21 Å². The molecular weight excluding hydrogens is 438 g/mol. The van der Waals surface area contributed by atoms with Crippen LogP contribution in [0.1, 0.15) is 27.0 Å². The number of piperazine rings is 1. The number of para-hydroxylation sites is 1. The minimum absolute atomic E-state index is 0.0615. The van der Waals surface area contributed by atoms with Gasteiger partial charge in [-0.3, -0.25) is 19.7 Å². The number of ketones is 1. The topological polar surface area (TPSA) is 72.9 Å². The first-order valence-corrected chi connectivity index (χ1v) is 11.7. The molecule has 6 heteroatoms. The van der Waals surface area contributed by atoms with Crippen LogP contribution in [0.25, 0.3) is 12.2 Å². The standard InChI is InChI=1S/C29H29N3O3/c33-28(15-11-23-5-4-6-24(21-23)12-16-29(34)30-35)26-13-9-25(10-14-26)22-31-17-19-32(20-18-31)27-7-2-1-3-8-27/h1-16,21,35H,17-20,22H2,(H,30,34). The van der Waals surface area contributed by atoms with E-state index in [2.05, 4.69) is 34.1 Å². The number of nitrogens with zero attached hydrogens (tertiary/aromatic N) is 2. The van der Waals surface area contributed by atoms with E-state index in [0.717, 1.165) is 43.9 Å². The summed E-state index contributed by atoms with van der Waals surface area (Å²) in [6, 6.07) is 25.8. The first kappa shape index (κ1) is 24.1. The highest BCUT2D eigenvalue weighted by Crippen LogP contribution is 2.17. The lowest BCUT2D eigenvalue weighted by Gasteiger charge is -2.36. The molecular formula is C29H29N3O3. The van der Waals surface area contributed by atoms with Crippen molar-refractivity contribution in [3.05, 3.63) is 113 Å². The number of benzene rings is 3. The van der Waals surface area contributed by atoms with Crippen molar-refractivity contribution >= 4 is 29.5 Å². The van der Waals surface area contributed by atoms with Crippen molar-refractivity contribution in [1.29, 1.82) is 0 Å². The molecule has 0 unspecified atom stereocenters. The molecule has 3 aromatic rings. The number of allylic oxidation sites excluding steroid dienone is 1. The molecule has 1 aliphatic rings. The van der Waals surface area contributed by atoms with Crippen LogP contribution < -0.4 is 10.4 Å². The van der Waals surface area contributed by atoms with Gasteiger partial charge in [-0.25, -0.2) is 5.48 Å². The third-order valence-electron chi connectivity index (χ3n) is 6.01. The van der Waals surface area contributed by atoms with Gasteiger partial charge in [-0.1, -0.05) is 66.7 Å². The zero-order valence-corrected chi connectivity index (χ0v) is 19.5. The second kappa shape index (κ2) is 11.9. The molecule has 1 saturated heterocycles. The van der Waals surface area contributed by atoms with Gasteiger partial charge in [-0.05, 0) is 47.0 Å². The SMILES string of the molecule is O=C(C=Cc1cccc(C=CC(=O)c2ccc(CN3CCN(c4ccccc4)CC3)cc2)c1)NO. The number of carbonyl (C=O) groups is 2. The van der Waals surface area contributed by atoms with Crippen LogP contribution in [-0.4, -0.2) is 48.0 Å². The second-order valence-electron chi connectivity index (χ2n) is 8.47. The molecule has 0 aliphatic carbocycles. The molecule has 178 valence electrons. The summed E-state index contributed by atoms with van der Waals surface area (Å²) in [5.74, 6) is -0.660. The monoisotopic (exact) mass is 467 g/mol. The van der Waals surface area contributed by atoms with E-state index in [1.54, 1.807) is 23.7 Å². The van der Waals surface area contributed by atoms with Crippen LogP contribution in [0, 0.1) is 0 Å². The fourth-order valence-electron chi connectivity index (χ4n) is 4.08. The van der Waals surface area contributed by atoms with E-state index >= 15 is 0 Å². The van der Waals surface area contributed by atoms with Crippen molar-refractivity contribution in [2.45, 2.75) is 6.54 Å².